The van der Waals surface area contributed by atoms with Gasteiger partial charge in [0, 0.05) is 29.0 Å². The Hall–Kier alpha value is -3.51. The zero-order chi connectivity index (χ0) is 20.8. The number of amides is 1. The minimum atomic E-state index is -0.00736. The molecule has 6 heteroatoms. The zero-order valence-electron chi connectivity index (χ0n) is 16.6. The molecule has 1 amide bonds. The number of pyridine rings is 1. The molecule has 0 unspecified atom stereocenters. The molecule has 0 radical (unpaired) electrons. The van der Waals surface area contributed by atoms with Gasteiger partial charge in [-0.25, -0.2) is 4.98 Å². The smallest absolute Gasteiger partial charge is 0.233 e. The molecule has 0 bridgehead atoms. The summed E-state index contributed by atoms with van der Waals surface area (Å²) in [5.74, 6) is 0.749. The van der Waals surface area contributed by atoms with Gasteiger partial charge in [-0.15, -0.1) is 11.3 Å². The van der Waals surface area contributed by atoms with Gasteiger partial charge in [-0.1, -0.05) is 30.3 Å². The van der Waals surface area contributed by atoms with Crippen molar-refractivity contribution in [2.45, 2.75) is 13.0 Å². The lowest BCUT2D eigenvalue weighted by Gasteiger charge is -2.23. The first kappa shape index (κ1) is 19.8. The van der Waals surface area contributed by atoms with Crippen LogP contribution >= 0.6 is 11.3 Å². The summed E-state index contributed by atoms with van der Waals surface area (Å²) < 4.78 is 5.25. The number of aromatic nitrogens is 2. The second kappa shape index (κ2) is 9.33. The Balaban J connectivity index is 1.56. The van der Waals surface area contributed by atoms with E-state index in [4.69, 9.17) is 4.74 Å². The molecule has 2 heterocycles. The van der Waals surface area contributed by atoms with Gasteiger partial charge < -0.3 is 9.64 Å². The largest absolute Gasteiger partial charge is 0.497 e. The minimum absolute atomic E-state index is 0.00736. The van der Waals surface area contributed by atoms with Gasteiger partial charge in [-0.3, -0.25) is 9.78 Å². The number of ether oxygens (including phenoxy) is 1. The van der Waals surface area contributed by atoms with Gasteiger partial charge in [0.1, 0.15) is 10.8 Å². The summed E-state index contributed by atoms with van der Waals surface area (Å²) >= 11 is 1.52. The number of carbonyl (C=O) groups is 1. The molecule has 0 aliphatic carbocycles. The Kier molecular flexibility index (Phi) is 6.15. The van der Waals surface area contributed by atoms with Crippen LogP contribution in [0.4, 0.5) is 5.69 Å². The van der Waals surface area contributed by atoms with E-state index >= 15 is 0 Å². The van der Waals surface area contributed by atoms with Crippen LogP contribution in [0.3, 0.4) is 0 Å². The van der Waals surface area contributed by atoms with Gasteiger partial charge in [0.05, 0.1) is 25.8 Å². The summed E-state index contributed by atoms with van der Waals surface area (Å²) in [6, 6.07) is 21.4. The maximum atomic E-state index is 13.3. The van der Waals surface area contributed by atoms with Crippen molar-refractivity contribution in [3.05, 3.63) is 95.8 Å². The number of thiazole rings is 1. The summed E-state index contributed by atoms with van der Waals surface area (Å²) in [7, 11) is 1.63. The average molecular weight is 416 g/mol. The second-order valence-corrected chi connectivity index (χ2v) is 7.58. The highest BCUT2D eigenvalue weighted by molar-refractivity contribution is 7.13. The lowest BCUT2D eigenvalue weighted by Crippen LogP contribution is -2.31. The zero-order valence-corrected chi connectivity index (χ0v) is 17.4. The first-order valence-corrected chi connectivity index (χ1v) is 10.4. The molecule has 0 spiro atoms. The topological polar surface area (TPSA) is 55.3 Å². The van der Waals surface area contributed by atoms with E-state index in [-0.39, 0.29) is 12.3 Å². The van der Waals surface area contributed by atoms with Crippen LogP contribution in [0.15, 0.2) is 84.5 Å². The van der Waals surface area contributed by atoms with Gasteiger partial charge in [0.2, 0.25) is 5.91 Å². The highest BCUT2D eigenvalue weighted by Crippen LogP contribution is 2.25. The molecule has 4 rings (SSSR count). The predicted molar refractivity (Wildman–Crippen MR) is 120 cm³/mol. The van der Waals surface area contributed by atoms with E-state index in [2.05, 4.69) is 9.97 Å². The van der Waals surface area contributed by atoms with Crippen LogP contribution in [0.5, 0.6) is 5.75 Å². The quantitative estimate of drug-likeness (QED) is 0.427. The van der Waals surface area contributed by atoms with Gasteiger partial charge in [-0.05, 0) is 42.0 Å². The number of nitrogens with zero attached hydrogens (tertiary/aromatic N) is 3. The van der Waals surface area contributed by atoms with Crippen molar-refractivity contribution in [2.75, 3.05) is 12.0 Å². The molecule has 0 aliphatic rings. The third-order valence-corrected chi connectivity index (χ3v) is 5.60. The number of hydrogen-bond acceptors (Lipinski definition) is 5. The van der Waals surface area contributed by atoms with Crippen LogP contribution in [0, 0.1) is 0 Å². The Morgan fingerprint density at radius 2 is 1.83 bits per heavy atom. The van der Waals surface area contributed by atoms with Crippen molar-refractivity contribution in [3.63, 3.8) is 0 Å². The summed E-state index contributed by atoms with van der Waals surface area (Å²) in [5, 5.41) is 2.81. The van der Waals surface area contributed by atoms with Crippen molar-refractivity contribution < 1.29 is 9.53 Å². The third kappa shape index (κ3) is 4.72. The number of benzene rings is 2. The monoisotopic (exact) mass is 415 g/mol. The molecule has 0 aliphatic heterocycles. The van der Waals surface area contributed by atoms with Crippen LogP contribution in [0.25, 0.3) is 10.6 Å². The lowest BCUT2D eigenvalue weighted by molar-refractivity contribution is -0.118. The first-order valence-electron chi connectivity index (χ1n) is 9.56. The molecule has 4 aromatic rings. The minimum Gasteiger partial charge on any atom is -0.497 e. The van der Waals surface area contributed by atoms with Crippen LogP contribution in [0.2, 0.25) is 0 Å². The highest BCUT2D eigenvalue weighted by Gasteiger charge is 2.18. The van der Waals surface area contributed by atoms with Crippen LogP contribution in [0.1, 0.15) is 11.3 Å². The molecule has 0 fully saturated rings. The number of methoxy groups -OCH3 is 1. The fourth-order valence-electron chi connectivity index (χ4n) is 3.11. The molecule has 30 heavy (non-hydrogen) atoms. The molecule has 0 atom stereocenters. The van der Waals surface area contributed by atoms with Gasteiger partial charge in [0.25, 0.3) is 0 Å². The predicted octanol–water partition coefficient (Wildman–Crippen LogP) is 4.99. The molecule has 5 nitrogen and oxygen atoms in total. The van der Waals surface area contributed by atoms with Crippen LogP contribution in [-0.4, -0.2) is 23.0 Å². The molecule has 2 aromatic carbocycles. The van der Waals surface area contributed by atoms with E-state index in [1.165, 1.54) is 11.3 Å². The SMILES string of the molecule is COc1ccc(N(Cc2ccccc2)C(=O)Cc2csc(-c3cccnc3)n2)cc1. The Bertz CT molecular complexity index is 1100. The average Bonchev–Trinajstić information content (AvgIpc) is 3.27. The number of carbonyl (C=O) groups excluding carboxylic acids is 1. The van der Waals surface area contributed by atoms with Gasteiger partial charge >= 0.3 is 0 Å². The van der Waals surface area contributed by atoms with Gasteiger partial charge in [-0.2, -0.15) is 0 Å². The molecular formula is C24H21N3O2S. The first-order chi connectivity index (χ1) is 14.7. The summed E-state index contributed by atoms with van der Waals surface area (Å²) in [5.41, 5.74) is 3.61. The van der Waals surface area contributed by atoms with E-state index in [0.717, 1.165) is 33.3 Å². The Morgan fingerprint density at radius 1 is 1.03 bits per heavy atom. The molecular weight excluding hydrogens is 394 g/mol. The van der Waals surface area contributed by atoms with Crippen molar-refractivity contribution >= 4 is 22.9 Å². The number of hydrogen-bond donors (Lipinski definition) is 0. The molecule has 0 saturated heterocycles. The van der Waals surface area contributed by atoms with Crippen molar-refractivity contribution in [1.82, 2.24) is 9.97 Å². The summed E-state index contributed by atoms with van der Waals surface area (Å²) in [6.07, 6.45) is 3.75. The van der Waals surface area contributed by atoms with Gasteiger partial charge in [0.15, 0.2) is 0 Å². The molecule has 0 N–H and O–H groups in total. The third-order valence-electron chi connectivity index (χ3n) is 4.66. The number of rotatable bonds is 7. The standard InChI is InChI=1S/C24H21N3O2S/c1-29-22-11-9-21(10-12-22)27(16-18-6-3-2-4-7-18)23(28)14-20-17-30-24(26-20)19-8-5-13-25-15-19/h2-13,15,17H,14,16H2,1H3. The van der Waals surface area contributed by atoms with Crippen LogP contribution < -0.4 is 9.64 Å². The van der Waals surface area contributed by atoms with E-state index in [9.17, 15) is 4.79 Å². The van der Waals surface area contributed by atoms with E-state index in [0.29, 0.717) is 6.54 Å². The lowest BCUT2D eigenvalue weighted by atomic mass is 10.1. The fourth-order valence-corrected chi connectivity index (χ4v) is 3.92. The normalized spacial score (nSPS) is 10.6. The Morgan fingerprint density at radius 3 is 2.53 bits per heavy atom. The molecule has 150 valence electrons. The van der Waals surface area contributed by atoms with E-state index in [1.54, 1.807) is 24.4 Å². The maximum absolute atomic E-state index is 13.3. The molecule has 0 saturated carbocycles. The van der Waals surface area contributed by atoms with Crippen molar-refractivity contribution in [2.24, 2.45) is 0 Å². The second-order valence-electron chi connectivity index (χ2n) is 6.73. The van der Waals surface area contributed by atoms with E-state index in [1.807, 2.05) is 72.1 Å². The maximum Gasteiger partial charge on any atom is 0.233 e. The van der Waals surface area contributed by atoms with Crippen LogP contribution in [-0.2, 0) is 17.8 Å². The number of anilines is 1. The van der Waals surface area contributed by atoms with Crippen molar-refractivity contribution in [3.8, 4) is 16.3 Å². The fraction of sp³-hybridized carbons (Fsp3) is 0.125. The summed E-state index contributed by atoms with van der Waals surface area (Å²) in [4.78, 5) is 23.8. The molecule has 2 aromatic heterocycles. The van der Waals surface area contributed by atoms with Crippen molar-refractivity contribution in [1.29, 1.82) is 0 Å². The summed E-state index contributed by atoms with van der Waals surface area (Å²) in [6.45, 7) is 0.492. The highest BCUT2D eigenvalue weighted by atomic mass is 32.1. The van der Waals surface area contributed by atoms with E-state index < -0.39 is 0 Å². The Labute approximate surface area is 179 Å².